The molecule has 0 spiro atoms. The number of hydrogen-bond acceptors (Lipinski definition) is 2. The number of ether oxygens (including phenoxy) is 2. The van der Waals surface area contributed by atoms with E-state index < -0.39 is 0 Å². The molecule has 0 saturated carbocycles. The van der Waals surface area contributed by atoms with Gasteiger partial charge >= 0.3 is 0 Å². The highest BCUT2D eigenvalue weighted by Gasteiger charge is 2.11. The molecule has 0 atom stereocenters. The second kappa shape index (κ2) is 18.9. The maximum Gasteiger partial charge on any atom is 0.160 e. The number of rotatable bonds is 6. The highest BCUT2D eigenvalue weighted by Crippen LogP contribution is 2.30. The maximum atomic E-state index is 5.20. The van der Waals surface area contributed by atoms with Crippen LogP contribution in [0.15, 0.2) is 60.7 Å². The summed E-state index contributed by atoms with van der Waals surface area (Å²) in [7, 11) is 3.30. The van der Waals surface area contributed by atoms with Gasteiger partial charge in [-0.25, -0.2) is 0 Å². The van der Waals surface area contributed by atoms with Crippen LogP contribution in [0, 0.1) is 5.41 Å². The van der Waals surface area contributed by atoms with E-state index in [1.807, 2.05) is 39.8 Å². The first kappa shape index (κ1) is 33.7. The Bertz CT molecular complexity index is 819. The summed E-state index contributed by atoms with van der Waals surface area (Å²) in [4.78, 5) is 0. The SMILES string of the molecule is C/C=C\C(=C/C)c1ccc(CC(C)(C)C)cc1.CC.CC.COc1ccc(C(C)C)cc1OC. The molecule has 2 aromatic carbocycles. The predicted octanol–water partition coefficient (Wildman–Crippen LogP) is 10.1. The Morgan fingerprint density at radius 1 is 0.824 bits per heavy atom. The lowest BCUT2D eigenvalue weighted by Crippen LogP contribution is -2.08. The minimum Gasteiger partial charge on any atom is -0.493 e. The third-order valence-electron chi connectivity index (χ3n) is 4.75. The first-order valence-electron chi connectivity index (χ1n) is 12.8. The van der Waals surface area contributed by atoms with Gasteiger partial charge in [-0.1, -0.05) is 111 Å². The second-order valence-corrected chi connectivity index (χ2v) is 8.95. The summed E-state index contributed by atoms with van der Waals surface area (Å²) in [6.07, 6.45) is 7.51. The van der Waals surface area contributed by atoms with E-state index in [9.17, 15) is 0 Å². The summed E-state index contributed by atoms with van der Waals surface area (Å²) in [5.41, 5.74) is 5.61. The number of benzene rings is 2. The lowest BCUT2D eigenvalue weighted by Gasteiger charge is -2.18. The van der Waals surface area contributed by atoms with Gasteiger partial charge in [0.2, 0.25) is 0 Å². The van der Waals surface area contributed by atoms with Gasteiger partial charge in [0.05, 0.1) is 14.2 Å². The minimum absolute atomic E-state index is 0.355. The van der Waals surface area contributed by atoms with E-state index in [0.717, 1.165) is 17.9 Å². The van der Waals surface area contributed by atoms with Gasteiger partial charge in [0.1, 0.15) is 0 Å². The van der Waals surface area contributed by atoms with Crippen molar-refractivity contribution in [2.75, 3.05) is 14.2 Å². The average Bonchev–Trinajstić information content (AvgIpc) is 2.84. The maximum absolute atomic E-state index is 5.20. The fraction of sp³-hybridized carbons (Fsp3) is 0.500. The van der Waals surface area contributed by atoms with Crippen LogP contribution < -0.4 is 9.47 Å². The van der Waals surface area contributed by atoms with E-state index in [4.69, 9.17) is 9.47 Å². The zero-order chi connectivity index (χ0) is 26.7. The molecular weight excluding hydrogens is 416 g/mol. The molecule has 0 saturated heterocycles. The van der Waals surface area contributed by atoms with E-state index in [0.29, 0.717) is 11.3 Å². The molecule has 0 aliphatic heterocycles. The van der Waals surface area contributed by atoms with Crippen molar-refractivity contribution in [1.82, 2.24) is 0 Å². The lowest BCUT2D eigenvalue weighted by molar-refractivity contribution is 0.354. The second-order valence-electron chi connectivity index (χ2n) is 8.95. The van der Waals surface area contributed by atoms with Crippen molar-refractivity contribution in [3.05, 3.63) is 77.4 Å². The fourth-order valence-electron chi connectivity index (χ4n) is 3.18. The monoisotopic (exact) mass is 468 g/mol. The number of allylic oxidation sites excluding steroid dienone is 4. The largest absolute Gasteiger partial charge is 0.493 e. The Balaban J connectivity index is 0. The summed E-state index contributed by atoms with van der Waals surface area (Å²) in [6, 6.07) is 14.9. The van der Waals surface area contributed by atoms with Crippen molar-refractivity contribution < 1.29 is 9.47 Å². The molecule has 0 N–H and O–H groups in total. The normalized spacial score (nSPS) is 10.9. The number of methoxy groups -OCH3 is 2. The third kappa shape index (κ3) is 13.3. The minimum atomic E-state index is 0.355. The Labute approximate surface area is 212 Å². The van der Waals surface area contributed by atoms with Crippen LogP contribution in [0.1, 0.15) is 98.8 Å². The third-order valence-corrected chi connectivity index (χ3v) is 4.75. The highest BCUT2D eigenvalue weighted by molar-refractivity contribution is 5.73. The molecule has 192 valence electrons. The molecule has 0 aliphatic rings. The molecule has 2 heteroatoms. The zero-order valence-electron chi connectivity index (χ0n) is 24.4. The van der Waals surface area contributed by atoms with Gasteiger partial charge in [0.15, 0.2) is 11.5 Å². The van der Waals surface area contributed by atoms with Crippen LogP contribution in [0.4, 0.5) is 0 Å². The van der Waals surface area contributed by atoms with Gasteiger partial charge in [-0.15, -0.1) is 0 Å². The Morgan fingerprint density at radius 3 is 1.74 bits per heavy atom. The van der Waals surface area contributed by atoms with Gasteiger partial charge in [0, 0.05) is 0 Å². The van der Waals surface area contributed by atoms with Crippen LogP contribution >= 0.6 is 0 Å². The Hall–Kier alpha value is -2.48. The molecule has 0 fully saturated rings. The summed E-state index contributed by atoms with van der Waals surface area (Å²) < 4.78 is 10.3. The van der Waals surface area contributed by atoms with Crippen LogP contribution in [-0.4, -0.2) is 14.2 Å². The summed E-state index contributed by atoms with van der Waals surface area (Å²) in [5.74, 6) is 2.10. The average molecular weight is 469 g/mol. The van der Waals surface area contributed by atoms with Crippen molar-refractivity contribution in [3.8, 4) is 11.5 Å². The van der Waals surface area contributed by atoms with E-state index in [2.05, 4.69) is 97.0 Å². The standard InChI is InChI=1S/C17H24.C11H16O2.2C2H6/c1-6-8-15(7-2)16-11-9-14(10-12-16)13-17(3,4)5;1-8(2)9-5-6-10(12-3)11(7-9)13-4;2*1-2/h6-12H,13H2,1-5H3;5-8H,1-4H3;2*1-2H3/b8-6-,15-7+;;;. The summed E-state index contributed by atoms with van der Waals surface area (Å²) >= 11 is 0. The number of hydrogen-bond donors (Lipinski definition) is 0. The molecule has 2 aromatic rings. The van der Waals surface area contributed by atoms with Crippen molar-refractivity contribution in [2.24, 2.45) is 5.41 Å². The zero-order valence-corrected chi connectivity index (χ0v) is 24.4. The Morgan fingerprint density at radius 2 is 1.35 bits per heavy atom. The van der Waals surface area contributed by atoms with Crippen LogP contribution in [0.5, 0.6) is 11.5 Å². The van der Waals surface area contributed by atoms with Gasteiger partial charge in [0.25, 0.3) is 0 Å². The quantitative estimate of drug-likeness (QED) is 0.393. The molecule has 2 nitrogen and oxygen atoms in total. The first-order chi connectivity index (χ1) is 16.1. The lowest BCUT2D eigenvalue weighted by atomic mass is 9.87. The molecule has 34 heavy (non-hydrogen) atoms. The smallest absolute Gasteiger partial charge is 0.160 e. The van der Waals surface area contributed by atoms with Crippen LogP contribution in [-0.2, 0) is 6.42 Å². The molecule has 0 amide bonds. The van der Waals surface area contributed by atoms with E-state index in [1.165, 1.54) is 22.3 Å². The van der Waals surface area contributed by atoms with Crippen molar-refractivity contribution in [1.29, 1.82) is 0 Å². The molecule has 0 bridgehead atoms. The molecule has 0 aliphatic carbocycles. The highest BCUT2D eigenvalue weighted by atomic mass is 16.5. The van der Waals surface area contributed by atoms with E-state index >= 15 is 0 Å². The molecule has 0 unspecified atom stereocenters. The first-order valence-corrected chi connectivity index (χ1v) is 12.8. The van der Waals surface area contributed by atoms with Crippen molar-refractivity contribution in [3.63, 3.8) is 0 Å². The molecule has 0 heterocycles. The van der Waals surface area contributed by atoms with Gasteiger partial charge in [-0.3, -0.25) is 0 Å². The van der Waals surface area contributed by atoms with Crippen LogP contribution in [0.3, 0.4) is 0 Å². The van der Waals surface area contributed by atoms with Crippen molar-refractivity contribution in [2.45, 2.75) is 88.5 Å². The summed E-state index contributed by atoms with van der Waals surface area (Å²) in [6.45, 7) is 23.3. The Kier molecular flexibility index (Phi) is 18.7. The van der Waals surface area contributed by atoms with Crippen LogP contribution in [0.25, 0.3) is 5.57 Å². The molecule has 0 radical (unpaired) electrons. The van der Waals surface area contributed by atoms with Crippen molar-refractivity contribution >= 4 is 5.57 Å². The van der Waals surface area contributed by atoms with E-state index in [-0.39, 0.29) is 0 Å². The summed E-state index contributed by atoms with van der Waals surface area (Å²) in [5, 5.41) is 0. The topological polar surface area (TPSA) is 18.5 Å². The fourth-order valence-corrected chi connectivity index (χ4v) is 3.18. The van der Waals surface area contributed by atoms with E-state index in [1.54, 1.807) is 14.2 Å². The van der Waals surface area contributed by atoms with Crippen LogP contribution in [0.2, 0.25) is 0 Å². The molecule has 0 aromatic heterocycles. The molecular formula is C32H52O2. The predicted molar refractivity (Wildman–Crippen MR) is 154 cm³/mol. The van der Waals surface area contributed by atoms with Gasteiger partial charge in [-0.05, 0) is 66.0 Å². The molecule has 2 rings (SSSR count). The van der Waals surface area contributed by atoms with Gasteiger partial charge in [-0.2, -0.15) is 0 Å². The van der Waals surface area contributed by atoms with Gasteiger partial charge < -0.3 is 9.47 Å².